The number of hydrogen-bond donors (Lipinski definition) is 1. The molecule has 1 aromatic rings. The van der Waals surface area contributed by atoms with Crippen LogP contribution in [-0.4, -0.2) is 28.9 Å². The molecule has 2 heterocycles. The number of aryl methyl sites for hydroxylation is 1. The predicted molar refractivity (Wildman–Crippen MR) is 69.0 cm³/mol. The molecule has 1 aliphatic rings. The first kappa shape index (κ1) is 12.2. The Balaban J connectivity index is 2.12. The largest absolute Gasteiger partial charge is 0.365 e. The molecule has 3 nitrogen and oxygen atoms in total. The monoisotopic (exact) mass is 234 g/mol. The van der Waals surface area contributed by atoms with E-state index >= 15 is 0 Å². The first-order chi connectivity index (χ1) is 8.08. The van der Waals surface area contributed by atoms with Crippen LogP contribution in [0.25, 0.3) is 0 Å². The molecule has 1 N–H and O–H groups in total. The fraction of sp³-hybridized carbons (Fsp3) is 0.643. The van der Waals surface area contributed by atoms with Crippen LogP contribution >= 0.6 is 0 Å². The van der Waals surface area contributed by atoms with Crippen molar-refractivity contribution in [2.24, 2.45) is 11.8 Å². The number of likely N-dealkylation sites (tertiary alicyclic amines) is 1. The number of aromatic nitrogens is 1. The fourth-order valence-corrected chi connectivity index (χ4v) is 2.76. The lowest BCUT2D eigenvalue weighted by atomic mass is 9.97. The second-order valence-electron chi connectivity index (χ2n) is 5.50. The molecule has 0 spiro atoms. The summed E-state index contributed by atoms with van der Waals surface area (Å²) in [6, 6.07) is 1.89. The van der Waals surface area contributed by atoms with E-state index in [1.807, 2.05) is 24.1 Å². The Labute approximate surface area is 103 Å². The second kappa shape index (κ2) is 4.94. The van der Waals surface area contributed by atoms with Crippen molar-refractivity contribution >= 4 is 5.91 Å². The van der Waals surface area contributed by atoms with Gasteiger partial charge >= 0.3 is 0 Å². The molecule has 1 amide bonds. The molecule has 94 valence electrons. The maximum Gasteiger partial charge on any atom is 0.255 e. The van der Waals surface area contributed by atoms with Crippen molar-refractivity contribution in [2.45, 2.75) is 33.6 Å². The predicted octanol–water partition coefficient (Wildman–Crippen LogP) is 2.83. The molecule has 1 aromatic heterocycles. The normalized spacial score (nSPS) is 25.7. The number of hydrogen-bond acceptors (Lipinski definition) is 1. The van der Waals surface area contributed by atoms with E-state index in [9.17, 15) is 4.79 Å². The Morgan fingerprint density at radius 1 is 1.41 bits per heavy atom. The third-order valence-corrected chi connectivity index (χ3v) is 3.70. The lowest BCUT2D eigenvalue weighted by Crippen LogP contribution is -2.34. The SMILES string of the molecule is Cc1[nH]ccc1C(=O)N1CC[C@H](C)C[C@@H](C)C1. The fourth-order valence-electron chi connectivity index (χ4n) is 2.76. The van der Waals surface area contributed by atoms with Crippen molar-refractivity contribution in [1.82, 2.24) is 9.88 Å². The van der Waals surface area contributed by atoms with Gasteiger partial charge in [0.05, 0.1) is 5.56 Å². The molecule has 0 aromatic carbocycles. The Kier molecular flexibility index (Phi) is 3.55. The van der Waals surface area contributed by atoms with Crippen LogP contribution in [0.1, 0.15) is 42.7 Å². The van der Waals surface area contributed by atoms with Crippen molar-refractivity contribution in [3.05, 3.63) is 23.5 Å². The number of carbonyl (C=O) groups is 1. The number of amides is 1. The first-order valence-corrected chi connectivity index (χ1v) is 6.51. The molecule has 0 bridgehead atoms. The average molecular weight is 234 g/mol. The van der Waals surface area contributed by atoms with E-state index in [2.05, 4.69) is 18.8 Å². The zero-order valence-corrected chi connectivity index (χ0v) is 11.0. The smallest absolute Gasteiger partial charge is 0.255 e. The second-order valence-corrected chi connectivity index (χ2v) is 5.50. The Bertz CT molecular complexity index is 397. The summed E-state index contributed by atoms with van der Waals surface area (Å²) in [5, 5.41) is 0. The van der Waals surface area contributed by atoms with Gasteiger partial charge in [0.2, 0.25) is 0 Å². The molecule has 0 radical (unpaired) electrons. The number of nitrogens with zero attached hydrogens (tertiary/aromatic N) is 1. The molecule has 17 heavy (non-hydrogen) atoms. The van der Waals surface area contributed by atoms with Crippen molar-refractivity contribution in [3.63, 3.8) is 0 Å². The van der Waals surface area contributed by atoms with E-state index in [0.717, 1.165) is 36.7 Å². The van der Waals surface area contributed by atoms with Crippen molar-refractivity contribution in [2.75, 3.05) is 13.1 Å². The highest BCUT2D eigenvalue weighted by atomic mass is 16.2. The highest BCUT2D eigenvalue weighted by molar-refractivity contribution is 5.95. The maximum atomic E-state index is 12.4. The molecule has 2 rings (SSSR count). The number of H-pyrrole nitrogens is 1. The molecular weight excluding hydrogens is 212 g/mol. The molecule has 0 saturated carbocycles. The summed E-state index contributed by atoms with van der Waals surface area (Å²) >= 11 is 0. The minimum Gasteiger partial charge on any atom is -0.365 e. The van der Waals surface area contributed by atoms with E-state index in [4.69, 9.17) is 0 Å². The third kappa shape index (κ3) is 2.71. The van der Waals surface area contributed by atoms with Gasteiger partial charge in [-0.25, -0.2) is 0 Å². The van der Waals surface area contributed by atoms with Crippen LogP contribution in [0.15, 0.2) is 12.3 Å². The Hall–Kier alpha value is -1.25. The van der Waals surface area contributed by atoms with Gasteiger partial charge in [0.15, 0.2) is 0 Å². The van der Waals surface area contributed by atoms with Crippen molar-refractivity contribution in [1.29, 1.82) is 0 Å². The van der Waals surface area contributed by atoms with E-state index in [1.165, 1.54) is 6.42 Å². The van der Waals surface area contributed by atoms with E-state index in [0.29, 0.717) is 5.92 Å². The van der Waals surface area contributed by atoms with Crippen LogP contribution in [0.5, 0.6) is 0 Å². The maximum absolute atomic E-state index is 12.4. The zero-order chi connectivity index (χ0) is 12.4. The van der Waals surface area contributed by atoms with Gasteiger partial charge in [-0.1, -0.05) is 13.8 Å². The number of carbonyl (C=O) groups excluding carboxylic acids is 1. The lowest BCUT2D eigenvalue weighted by molar-refractivity contribution is 0.0744. The number of aromatic amines is 1. The molecule has 1 fully saturated rings. The van der Waals surface area contributed by atoms with Gasteiger partial charge in [-0.05, 0) is 37.7 Å². The van der Waals surface area contributed by atoms with Crippen molar-refractivity contribution in [3.8, 4) is 0 Å². The molecule has 2 atom stereocenters. The molecule has 3 heteroatoms. The van der Waals surface area contributed by atoms with Gasteiger partial charge in [-0.2, -0.15) is 0 Å². The van der Waals surface area contributed by atoms with E-state index in [-0.39, 0.29) is 5.91 Å². The van der Waals surface area contributed by atoms with Crippen molar-refractivity contribution < 1.29 is 4.79 Å². The van der Waals surface area contributed by atoms with Crippen LogP contribution in [0.2, 0.25) is 0 Å². The summed E-state index contributed by atoms with van der Waals surface area (Å²) in [6.45, 7) is 8.28. The van der Waals surface area contributed by atoms with Crippen LogP contribution in [0.4, 0.5) is 0 Å². The Morgan fingerprint density at radius 3 is 2.82 bits per heavy atom. The summed E-state index contributed by atoms with van der Waals surface area (Å²) in [5.74, 6) is 1.52. The molecule has 1 aliphatic heterocycles. The molecular formula is C14H22N2O. The van der Waals surface area contributed by atoms with Gasteiger partial charge in [-0.3, -0.25) is 4.79 Å². The van der Waals surface area contributed by atoms with Gasteiger partial charge in [0, 0.05) is 25.0 Å². The topological polar surface area (TPSA) is 36.1 Å². The molecule has 0 unspecified atom stereocenters. The van der Waals surface area contributed by atoms with Gasteiger partial charge in [-0.15, -0.1) is 0 Å². The number of nitrogens with one attached hydrogen (secondary N) is 1. The minimum atomic E-state index is 0.185. The van der Waals surface area contributed by atoms with Gasteiger partial charge < -0.3 is 9.88 Å². The van der Waals surface area contributed by atoms with Crippen LogP contribution in [0, 0.1) is 18.8 Å². The lowest BCUT2D eigenvalue weighted by Gasteiger charge is -2.22. The first-order valence-electron chi connectivity index (χ1n) is 6.51. The van der Waals surface area contributed by atoms with E-state index < -0.39 is 0 Å². The third-order valence-electron chi connectivity index (χ3n) is 3.70. The van der Waals surface area contributed by atoms with E-state index in [1.54, 1.807) is 0 Å². The molecule has 0 aliphatic carbocycles. The zero-order valence-electron chi connectivity index (χ0n) is 11.0. The summed E-state index contributed by atoms with van der Waals surface area (Å²) in [5.41, 5.74) is 1.80. The highest BCUT2D eigenvalue weighted by Gasteiger charge is 2.24. The summed E-state index contributed by atoms with van der Waals surface area (Å²) in [4.78, 5) is 17.5. The summed E-state index contributed by atoms with van der Waals surface area (Å²) < 4.78 is 0. The standard InChI is InChI=1S/C14H22N2O/c1-10-5-7-16(9-11(2)8-10)14(17)13-4-6-15-12(13)3/h4,6,10-11,15H,5,7-9H2,1-3H3/t10-,11+/m0/s1. The van der Waals surface area contributed by atoms with Gasteiger partial charge in [0.25, 0.3) is 5.91 Å². The average Bonchev–Trinajstić information content (AvgIpc) is 2.61. The Morgan fingerprint density at radius 2 is 2.18 bits per heavy atom. The molecule has 1 saturated heterocycles. The number of rotatable bonds is 1. The quantitative estimate of drug-likeness (QED) is 0.797. The summed E-state index contributed by atoms with van der Waals surface area (Å²) in [7, 11) is 0. The van der Waals surface area contributed by atoms with Crippen LogP contribution < -0.4 is 0 Å². The van der Waals surface area contributed by atoms with Crippen LogP contribution in [-0.2, 0) is 0 Å². The highest BCUT2D eigenvalue weighted by Crippen LogP contribution is 2.22. The van der Waals surface area contributed by atoms with Gasteiger partial charge in [0.1, 0.15) is 0 Å². The minimum absolute atomic E-state index is 0.185. The summed E-state index contributed by atoms with van der Waals surface area (Å²) in [6.07, 6.45) is 4.20. The van der Waals surface area contributed by atoms with Crippen LogP contribution in [0.3, 0.4) is 0 Å².